The Labute approximate surface area is 92.6 Å². The molecule has 14 heavy (non-hydrogen) atoms. The SMILES string of the molecule is CC(C)COCCN(C)C(C)C(N)=S. The zero-order valence-electron chi connectivity index (χ0n) is 9.62. The van der Waals surface area contributed by atoms with Crippen molar-refractivity contribution in [3.05, 3.63) is 0 Å². The van der Waals surface area contributed by atoms with E-state index in [1.807, 2.05) is 14.0 Å². The molecule has 0 aromatic rings. The van der Waals surface area contributed by atoms with Crippen molar-refractivity contribution in [2.45, 2.75) is 26.8 Å². The van der Waals surface area contributed by atoms with Crippen molar-refractivity contribution in [1.29, 1.82) is 0 Å². The molecule has 0 aliphatic rings. The first-order valence-corrected chi connectivity index (χ1v) is 5.43. The smallest absolute Gasteiger partial charge is 0.0899 e. The second kappa shape index (κ2) is 7.15. The Morgan fingerprint density at radius 1 is 1.43 bits per heavy atom. The van der Waals surface area contributed by atoms with Gasteiger partial charge in [-0.05, 0) is 19.9 Å². The van der Waals surface area contributed by atoms with Crippen molar-refractivity contribution in [3.63, 3.8) is 0 Å². The molecule has 0 heterocycles. The molecule has 0 aromatic heterocycles. The van der Waals surface area contributed by atoms with Crippen molar-refractivity contribution < 1.29 is 4.74 Å². The van der Waals surface area contributed by atoms with E-state index in [0.717, 1.165) is 19.8 Å². The molecule has 0 amide bonds. The molecule has 0 aliphatic heterocycles. The molecule has 0 fully saturated rings. The lowest BCUT2D eigenvalue weighted by Crippen LogP contribution is -2.40. The summed E-state index contributed by atoms with van der Waals surface area (Å²) in [4.78, 5) is 2.64. The van der Waals surface area contributed by atoms with Gasteiger partial charge >= 0.3 is 0 Å². The predicted octanol–water partition coefficient (Wildman–Crippen LogP) is 1.27. The van der Waals surface area contributed by atoms with Gasteiger partial charge in [0.05, 0.1) is 17.6 Å². The highest BCUT2D eigenvalue weighted by atomic mass is 32.1. The summed E-state index contributed by atoms with van der Waals surface area (Å²) >= 11 is 4.91. The highest BCUT2D eigenvalue weighted by Gasteiger charge is 2.10. The summed E-state index contributed by atoms with van der Waals surface area (Å²) in [6, 6.07) is 0.146. The standard InChI is InChI=1S/C10H22N2OS/c1-8(2)7-13-6-5-12(4)9(3)10(11)14/h8-9H,5-7H2,1-4H3,(H2,11,14). The number of nitrogens with zero attached hydrogens (tertiary/aromatic N) is 1. The van der Waals surface area contributed by atoms with Crippen molar-refractivity contribution in [2.75, 3.05) is 26.8 Å². The molecule has 0 aliphatic carbocycles. The lowest BCUT2D eigenvalue weighted by atomic mass is 10.2. The highest BCUT2D eigenvalue weighted by molar-refractivity contribution is 7.80. The lowest BCUT2D eigenvalue weighted by molar-refractivity contribution is 0.0891. The number of hydrogen-bond donors (Lipinski definition) is 1. The maximum atomic E-state index is 5.54. The zero-order chi connectivity index (χ0) is 11.1. The average molecular weight is 218 g/mol. The number of rotatable bonds is 7. The average Bonchev–Trinajstić information content (AvgIpc) is 2.10. The van der Waals surface area contributed by atoms with Crippen molar-refractivity contribution in [3.8, 4) is 0 Å². The second-order valence-corrected chi connectivity index (χ2v) is 4.50. The first-order chi connectivity index (χ1) is 6.45. The van der Waals surface area contributed by atoms with Gasteiger partial charge in [-0.15, -0.1) is 0 Å². The van der Waals surface area contributed by atoms with Crippen LogP contribution in [0.25, 0.3) is 0 Å². The van der Waals surface area contributed by atoms with E-state index >= 15 is 0 Å². The largest absolute Gasteiger partial charge is 0.392 e. The van der Waals surface area contributed by atoms with E-state index in [2.05, 4.69) is 18.7 Å². The fourth-order valence-corrected chi connectivity index (χ4v) is 1.12. The molecule has 2 N–H and O–H groups in total. The van der Waals surface area contributed by atoms with Crippen LogP contribution in [0.2, 0.25) is 0 Å². The van der Waals surface area contributed by atoms with Gasteiger partial charge in [-0.2, -0.15) is 0 Å². The minimum atomic E-state index is 0.146. The van der Waals surface area contributed by atoms with Crippen LogP contribution in [0.4, 0.5) is 0 Å². The fraction of sp³-hybridized carbons (Fsp3) is 0.900. The maximum absolute atomic E-state index is 5.54. The molecule has 0 bridgehead atoms. The minimum absolute atomic E-state index is 0.146. The van der Waals surface area contributed by atoms with E-state index in [0.29, 0.717) is 10.9 Å². The molecule has 0 rings (SSSR count). The van der Waals surface area contributed by atoms with Gasteiger partial charge in [0.2, 0.25) is 0 Å². The van der Waals surface area contributed by atoms with Crippen molar-refractivity contribution in [2.24, 2.45) is 11.7 Å². The molecule has 1 atom stereocenters. The maximum Gasteiger partial charge on any atom is 0.0899 e. The van der Waals surface area contributed by atoms with Crippen LogP contribution in [-0.4, -0.2) is 42.7 Å². The molecule has 0 spiro atoms. The van der Waals surface area contributed by atoms with Gasteiger partial charge in [0, 0.05) is 13.2 Å². The fourth-order valence-electron chi connectivity index (χ4n) is 0.938. The normalized spacial score (nSPS) is 13.6. The van der Waals surface area contributed by atoms with E-state index < -0.39 is 0 Å². The van der Waals surface area contributed by atoms with Crippen LogP contribution in [0.15, 0.2) is 0 Å². The Morgan fingerprint density at radius 3 is 2.43 bits per heavy atom. The van der Waals surface area contributed by atoms with E-state index in [1.165, 1.54) is 0 Å². The number of hydrogen-bond acceptors (Lipinski definition) is 3. The number of nitrogens with two attached hydrogens (primary N) is 1. The highest BCUT2D eigenvalue weighted by Crippen LogP contribution is 1.97. The summed E-state index contributed by atoms with van der Waals surface area (Å²) in [6.07, 6.45) is 0. The Bertz CT molecular complexity index is 174. The number of thiocarbonyl (C=S) groups is 1. The summed E-state index contributed by atoms with van der Waals surface area (Å²) in [6.45, 7) is 8.70. The van der Waals surface area contributed by atoms with Gasteiger partial charge in [0.1, 0.15) is 0 Å². The van der Waals surface area contributed by atoms with Crippen LogP contribution >= 0.6 is 12.2 Å². The molecule has 0 radical (unpaired) electrons. The molecule has 1 unspecified atom stereocenters. The molecule has 0 aromatic carbocycles. The lowest BCUT2D eigenvalue weighted by Gasteiger charge is -2.23. The third-order valence-corrected chi connectivity index (χ3v) is 2.45. The topological polar surface area (TPSA) is 38.5 Å². The summed E-state index contributed by atoms with van der Waals surface area (Å²) in [7, 11) is 2.00. The Hall–Kier alpha value is -0.190. The monoisotopic (exact) mass is 218 g/mol. The van der Waals surface area contributed by atoms with Crippen molar-refractivity contribution in [1.82, 2.24) is 4.90 Å². The second-order valence-electron chi connectivity index (χ2n) is 4.03. The van der Waals surface area contributed by atoms with Gasteiger partial charge in [0.15, 0.2) is 0 Å². The Balaban J connectivity index is 3.53. The van der Waals surface area contributed by atoms with Gasteiger partial charge in [0.25, 0.3) is 0 Å². The van der Waals surface area contributed by atoms with Crippen LogP contribution in [0.3, 0.4) is 0 Å². The third kappa shape index (κ3) is 6.29. The van der Waals surface area contributed by atoms with Gasteiger partial charge in [-0.3, -0.25) is 4.90 Å². The first-order valence-electron chi connectivity index (χ1n) is 5.02. The van der Waals surface area contributed by atoms with E-state index in [1.54, 1.807) is 0 Å². The number of likely N-dealkylation sites (N-methyl/N-ethyl adjacent to an activating group) is 1. The minimum Gasteiger partial charge on any atom is -0.392 e. The molecule has 84 valence electrons. The van der Waals surface area contributed by atoms with Crippen molar-refractivity contribution >= 4 is 17.2 Å². The summed E-state index contributed by atoms with van der Waals surface area (Å²) < 4.78 is 5.47. The van der Waals surface area contributed by atoms with E-state index in [-0.39, 0.29) is 6.04 Å². The van der Waals surface area contributed by atoms with Crippen LogP contribution < -0.4 is 5.73 Å². The quantitative estimate of drug-likeness (QED) is 0.516. The van der Waals surface area contributed by atoms with E-state index in [9.17, 15) is 0 Å². The Morgan fingerprint density at radius 2 is 2.00 bits per heavy atom. The van der Waals surface area contributed by atoms with Crippen LogP contribution in [0.1, 0.15) is 20.8 Å². The van der Waals surface area contributed by atoms with E-state index in [4.69, 9.17) is 22.7 Å². The molecule has 4 heteroatoms. The predicted molar refractivity (Wildman–Crippen MR) is 64.5 cm³/mol. The zero-order valence-corrected chi connectivity index (χ0v) is 10.4. The number of ether oxygens (including phenoxy) is 1. The summed E-state index contributed by atoms with van der Waals surface area (Å²) in [5.74, 6) is 0.591. The van der Waals surface area contributed by atoms with Crippen LogP contribution in [0.5, 0.6) is 0 Å². The van der Waals surface area contributed by atoms with Gasteiger partial charge in [-0.25, -0.2) is 0 Å². The van der Waals surface area contributed by atoms with Gasteiger partial charge in [-0.1, -0.05) is 26.1 Å². The molecular formula is C10H22N2OS. The third-order valence-electron chi connectivity index (χ3n) is 2.11. The molecule has 0 saturated heterocycles. The summed E-state index contributed by atoms with van der Waals surface area (Å²) in [5.41, 5.74) is 5.54. The van der Waals surface area contributed by atoms with Crippen LogP contribution in [0, 0.1) is 5.92 Å². The van der Waals surface area contributed by atoms with Gasteiger partial charge < -0.3 is 10.5 Å². The molecular weight excluding hydrogens is 196 g/mol. The summed E-state index contributed by atoms with van der Waals surface area (Å²) in [5, 5.41) is 0. The molecule has 3 nitrogen and oxygen atoms in total. The molecule has 0 saturated carbocycles. The van der Waals surface area contributed by atoms with Crippen LogP contribution in [-0.2, 0) is 4.74 Å². The Kier molecular flexibility index (Phi) is 7.05. The first kappa shape index (κ1) is 13.8.